The average molecular weight is 462 g/mol. The van der Waals surface area contributed by atoms with Gasteiger partial charge in [-0.1, -0.05) is 75.8 Å². The number of carbonyl (C=O) groups is 4. The first kappa shape index (κ1) is 26.3. The van der Waals surface area contributed by atoms with Crippen LogP contribution < -0.4 is 5.32 Å². The molecule has 1 heterocycles. The molecule has 3 N–H and O–H groups in total. The lowest BCUT2D eigenvalue weighted by Crippen LogP contribution is -2.54. The van der Waals surface area contributed by atoms with Crippen molar-refractivity contribution < 1.29 is 29.4 Å². The lowest BCUT2D eigenvalue weighted by Gasteiger charge is -2.25. The SMILES string of the molecule is CCCCCCCC[C@H](N[C@H](C)C(=O)N1C(=O)N(Cc2ccccc2)C[C@H]1C(=O)O)C(=O)O. The molecule has 1 saturated heterocycles. The first-order chi connectivity index (χ1) is 15.8. The Hall–Kier alpha value is -2.94. The Balaban J connectivity index is 2.00. The Bertz CT molecular complexity index is 816. The Morgan fingerprint density at radius 2 is 1.70 bits per heavy atom. The van der Waals surface area contributed by atoms with E-state index in [4.69, 9.17) is 0 Å². The number of carboxylic acids is 2. The lowest BCUT2D eigenvalue weighted by molar-refractivity contribution is -0.147. The monoisotopic (exact) mass is 461 g/mol. The maximum Gasteiger partial charge on any atom is 0.328 e. The summed E-state index contributed by atoms with van der Waals surface area (Å²) < 4.78 is 0. The molecule has 0 bridgehead atoms. The Morgan fingerprint density at radius 3 is 2.30 bits per heavy atom. The third-order valence-electron chi connectivity index (χ3n) is 5.89. The molecular weight excluding hydrogens is 426 g/mol. The van der Waals surface area contributed by atoms with Crippen LogP contribution in [0.4, 0.5) is 4.79 Å². The number of aliphatic carboxylic acids is 2. The van der Waals surface area contributed by atoms with Crippen LogP contribution in [0.2, 0.25) is 0 Å². The van der Waals surface area contributed by atoms with Crippen LogP contribution >= 0.6 is 0 Å². The third-order valence-corrected chi connectivity index (χ3v) is 5.89. The van der Waals surface area contributed by atoms with Crippen LogP contribution in [0.25, 0.3) is 0 Å². The van der Waals surface area contributed by atoms with Gasteiger partial charge in [0.2, 0.25) is 5.91 Å². The number of hydrogen-bond donors (Lipinski definition) is 3. The molecule has 2 rings (SSSR count). The molecule has 9 nitrogen and oxygen atoms in total. The number of urea groups is 1. The molecule has 1 fully saturated rings. The maximum atomic E-state index is 13.0. The number of imide groups is 1. The zero-order chi connectivity index (χ0) is 24.4. The standard InChI is InChI=1S/C24H35N3O6/c1-3-4-5-6-7-11-14-19(22(29)30)25-17(2)21(28)27-20(23(31)32)16-26(24(27)33)15-18-12-9-8-10-13-18/h8-10,12-13,17,19-20,25H,3-7,11,14-16H2,1-2H3,(H,29,30)(H,31,32)/t17-,19+,20+/m1/s1. The number of amides is 3. The van der Waals surface area contributed by atoms with Gasteiger partial charge in [-0.05, 0) is 18.9 Å². The number of carboxylic acid groups (broad SMARTS) is 2. The second kappa shape index (κ2) is 12.9. The predicted octanol–water partition coefficient (Wildman–Crippen LogP) is 3.09. The third kappa shape index (κ3) is 7.56. The van der Waals surface area contributed by atoms with E-state index in [0.717, 1.165) is 42.6 Å². The summed E-state index contributed by atoms with van der Waals surface area (Å²) in [5.41, 5.74) is 0.820. The molecule has 182 valence electrons. The molecule has 33 heavy (non-hydrogen) atoms. The van der Waals surface area contributed by atoms with Crippen molar-refractivity contribution >= 4 is 23.9 Å². The van der Waals surface area contributed by atoms with Crippen LogP contribution in [0.15, 0.2) is 30.3 Å². The molecule has 1 aliphatic rings. The first-order valence-electron chi connectivity index (χ1n) is 11.6. The minimum Gasteiger partial charge on any atom is -0.480 e. The van der Waals surface area contributed by atoms with Crippen molar-refractivity contribution in [3.63, 3.8) is 0 Å². The van der Waals surface area contributed by atoms with Crippen LogP contribution in [-0.2, 0) is 20.9 Å². The molecule has 0 aliphatic carbocycles. The molecule has 0 unspecified atom stereocenters. The van der Waals surface area contributed by atoms with Crippen molar-refractivity contribution in [3.05, 3.63) is 35.9 Å². The fraction of sp³-hybridized carbons (Fsp3) is 0.583. The summed E-state index contributed by atoms with van der Waals surface area (Å²) in [6.07, 6.45) is 6.41. The van der Waals surface area contributed by atoms with E-state index < -0.39 is 42.0 Å². The molecule has 3 amide bonds. The van der Waals surface area contributed by atoms with Crippen molar-refractivity contribution in [1.29, 1.82) is 0 Å². The highest BCUT2D eigenvalue weighted by Gasteiger charge is 2.46. The predicted molar refractivity (Wildman–Crippen MR) is 123 cm³/mol. The van der Waals surface area contributed by atoms with E-state index in [2.05, 4.69) is 12.2 Å². The zero-order valence-electron chi connectivity index (χ0n) is 19.4. The number of rotatable bonds is 14. The van der Waals surface area contributed by atoms with Gasteiger partial charge in [0.25, 0.3) is 0 Å². The molecule has 0 aromatic heterocycles. The van der Waals surface area contributed by atoms with Crippen molar-refractivity contribution in [3.8, 4) is 0 Å². The Morgan fingerprint density at radius 1 is 1.06 bits per heavy atom. The highest BCUT2D eigenvalue weighted by atomic mass is 16.4. The Labute approximate surface area is 194 Å². The number of benzene rings is 1. The highest BCUT2D eigenvalue weighted by Crippen LogP contribution is 2.21. The summed E-state index contributed by atoms with van der Waals surface area (Å²) in [5, 5.41) is 21.9. The first-order valence-corrected chi connectivity index (χ1v) is 11.6. The molecular formula is C24H35N3O6. The molecule has 9 heteroatoms. The van der Waals surface area contributed by atoms with E-state index in [1.165, 1.54) is 11.8 Å². The van der Waals surface area contributed by atoms with Gasteiger partial charge in [-0.15, -0.1) is 0 Å². The van der Waals surface area contributed by atoms with Gasteiger partial charge in [0, 0.05) is 6.54 Å². The van der Waals surface area contributed by atoms with Gasteiger partial charge in [0.15, 0.2) is 6.04 Å². The summed E-state index contributed by atoms with van der Waals surface area (Å²) in [4.78, 5) is 51.5. The second-order valence-electron chi connectivity index (χ2n) is 8.55. The fourth-order valence-electron chi connectivity index (χ4n) is 4.02. The van der Waals surface area contributed by atoms with E-state index in [1.807, 2.05) is 30.3 Å². The van der Waals surface area contributed by atoms with E-state index >= 15 is 0 Å². The molecule has 0 spiro atoms. The molecule has 0 radical (unpaired) electrons. The minimum atomic E-state index is -1.32. The van der Waals surface area contributed by atoms with E-state index in [-0.39, 0.29) is 13.1 Å². The van der Waals surface area contributed by atoms with Gasteiger partial charge < -0.3 is 15.1 Å². The summed E-state index contributed by atoms with van der Waals surface area (Å²) in [5.74, 6) is -3.09. The smallest absolute Gasteiger partial charge is 0.328 e. The molecule has 1 aromatic carbocycles. The lowest BCUT2D eigenvalue weighted by atomic mass is 10.0. The molecule has 1 aliphatic heterocycles. The number of unbranched alkanes of at least 4 members (excludes halogenated alkanes) is 5. The fourth-order valence-corrected chi connectivity index (χ4v) is 4.02. The van der Waals surface area contributed by atoms with Crippen molar-refractivity contribution in [2.45, 2.75) is 83.5 Å². The molecule has 3 atom stereocenters. The summed E-state index contributed by atoms with van der Waals surface area (Å²) in [6.45, 7) is 3.65. The van der Waals surface area contributed by atoms with Gasteiger partial charge in [-0.2, -0.15) is 0 Å². The normalized spacial score (nSPS) is 17.8. The average Bonchev–Trinajstić information content (AvgIpc) is 3.11. The van der Waals surface area contributed by atoms with E-state index in [0.29, 0.717) is 12.8 Å². The van der Waals surface area contributed by atoms with Gasteiger partial charge in [-0.25, -0.2) is 14.5 Å². The zero-order valence-corrected chi connectivity index (χ0v) is 19.4. The van der Waals surface area contributed by atoms with Crippen LogP contribution in [0.3, 0.4) is 0 Å². The Kier molecular flexibility index (Phi) is 10.3. The number of hydrogen-bond acceptors (Lipinski definition) is 5. The number of nitrogens with one attached hydrogen (secondary N) is 1. The largest absolute Gasteiger partial charge is 0.480 e. The second-order valence-corrected chi connectivity index (χ2v) is 8.55. The van der Waals surface area contributed by atoms with Crippen LogP contribution in [0.1, 0.15) is 64.4 Å². The molecule has 0 saturated carbocycles. The quantitative estimate of drug-likeness (QED) is 0.363. The topological polar surface area (TPSA) is 127 Å². The van der Waals surface area contributed by atoms with E-state index in [1.54, 1.807) is 0 Å². The maximum absolute atomic E-state index is 13.0. The highest BCUT2D eigenvalue weighted by molar-refractivity contribution is 6.02. The van der Waals surface area contributed by atoms with E-state index in [9.17, 15) is 29.4 Å². The van der Waals surface area contributed by atoms with Gasteiger partial charge in [-0.3, -0.25) is 14.9 Å². The summed E-state index contributed by atoms with van der Waals surface area (Å²) in [7, 11) is 0. The molecule has 1 aromatic rings. The summed E-state index contributed by atoms with van der Waals surface area (Å²) in [6, 6.07) is 5.12. The minimum absolute atomic E-state index is 0.123. The van der Waals surface area contributed by atoms with Crippen LogP contribution in [-0.4, -0.2) is 68.6 Å². The van der Waals surface area contributed by atoms with Crippen LogP contribution in [0.5, 0.6) is 0 Å². The number of nitrogens with zero attached hydrogens (tertiary/aromatic N) is 2. The van der Waals surface area contributed by atoms with Gasteiger partial charge >= 0.3 is 18.0 Å². The van der Waals surface area contributed by atoms with Crippen LogP contribution in [0, 0.1) is 0 Å². The number of carbonyl (C=O) groups excluding carboxylic acids is 2. The van der Waals surface area contributed by atoms with Crippen molar-refractivity contribution in [2.75, 3.05) is 6.54 Å². The van der Waals surface area contributed by atoms with Gasteiger partial charge in [0.05, 0.1) is 12.6 Å². The van der Waals surface area contributed by atoms with Crippen molar-refractivity contribution in [1.82, 2.24) is 15.1 Å². The summed E-state index contributed by atoms with van der Waals surface area (Å²) >= 11 is 0. The van der Waals surface area contributed by atoms with Crippen molar-refractivity contribution in [2.24, 2.45) is 0 Å². The van der Waals surface area contributed by atoms with Gasteiger partial charge in [0.1, 0.15) is 6.04 Å².